The lowest BCUT2D eigenvalue weighted by molar-refractivity contribution is 0.391. The van der Waals surface area contributed by atoms with E-state index in [-0.39, 0.29) is 5.41 Å². The maximum Gasteiger partial charge on any atom is 0.118 e. The van der Waals surface area contributed by atoms with Crippen molar-refractivity contribution in [2.24, 2.45) is 4.99 Å². The maximum absolute atomic E-state index is 8.95. The number of rotatable bonds is 1. The zero-order chi connectivity index (χ0) is 14.3. The van der Waals surface area contributed by atoms with Crippen molar-refractivity contribution < 1.29 is 0 Å². The normalized spacial score (nSPS) is 18.6. The lowest BCUT2D eigenvalue weighted by Crippen LogP contribution is -2.28. The number of benzene rings is 1. The molecule has 0 bridgehead atoms. The Morgan fingerprint density at radius 1 is 1.10 bits per heavy atom. The van der Waals surface area contributed by atoms with Gasteiger partial charge in [-0.15, -0.1) is 0 Å². The van der Waals surface area contributed by atoms with Gasteiger partial charge in [-0.2, -0.15) is 5.26 Å². The van der Waals surface area contributed by atoms with Gasteiger partial charge in [0.05, 0.1) is 5.69 Å². The lowest BCUT2D eigenvalue weighted by Gasteiger charge is -2.32. The van der Waals surface area contributed by atoms with Crippen molar-refractivity contribution in [1.82, 2.24) is 4.98 Å². The van der Waals surface area contributed by atoms with Crippen LogP contribution in [0.3, 0.4) is 0 Å². The highest BCUT2D eigenvalue weighted by Gasteiger charge is 2.37. The van der Waals surface area contributed by atoms with Crippen LogP contribution in [0, 0.1) is 11.3 Å². The minimum absolute atomic E-state index is 0.161. The van der Waals surface area contributed by atoms with Crippen molar-refractivity contribution in [2.75, 3.05) is 0 Å². The smallest absolute Gasteiger partial charge is 0.118 e. The molecule has 2 aromatic rings. The molecule has 0 unspecified atom stereocenters. The fourth-order valence-corrected chi connectivity index (χ4v) is 3.69. The van der Waals surface area contributed by atoms with Gasteiger partial charge in [-0.05, 0) is 48.2 Å². The third kappa shape index (κ3) is 1.91. The highest BCUT2D eigenvalue weighted by molar-refractivity contribution is 5.87. The Hall–Kier alpha value is -2.34. The van der Waals surface area contributed by atoms with E-state index >= 15 is 0 Å². The fraction of sp³-hybridized carbons (Fsp3) is 0.333. The van der Waals surface area contributed by atoms with E-state index < -0.39 is 0 Å². The molecule has 2 heterocycles. The Morgan fingerprint density at radius 2 is 1.95 bits per heavy atom. The maximum atomic E-state index is 8.95. The fourth-order valence-electron chi connectivity index (χ4n) is 3.69. The second kappa shape index (κ2) is 4.60. The molecular formula is C18H17N3. The summed E-state index contributed by atoms with van der Waals surface area (Å²) in [7, 11) is 0. The van der Waals surface area contributed by atoms with Crippen LogP contribution in [0.15, 0.2) is 35.3 Å². The van der Waals surface area contributed by atoms with Gasteiger partial charge in [-0.25, -0.2) is 0 Å². The van der Waals surface area contributed by atoms with Crippen LogP contribution in [0.2, 0.25) is 0 Å². The predicted octanol–water partition coefficient (Wildman–Crippen LogP) is 4.47. The molecule has 1 N–H and O–H groups in total. The van der Waals surface area contributed by atoms with Gasteiger partial charge in [-0.3, -0.25) is 4.99 Å². The van der Waals surface area contributed by atoms with Crippen LogP contribution in [-0.4, -0.2) is 11.2 Å². The number of aliphatic imine (C=N–C) groups is 1. The van der Waals surface area contributed by atoms with Crippen LogP contribution in [-0.2, 0) is 5.41 Å². The summed E-state index contributed by atoms with van der Waals surface area (Å²) in [5.74, 6) is 0. The molecule has 3 nitrogen and oxygen atoms in total. The molecule has 0 radical (unpaired) electrons. The van der Waals surface area contributed by atoms with E-state index in [2.05, 4.69) is 40.5 Å². The number of nitrogens with zero attached hydrogens (tertiary/aromatic N) is 2. The zero-order valence-electron chi connectivity index (χ0n) is 11.9. The standard InChI is InChI=1S/C18H17N3/c19-11-14-5-7-16(21-14)13-4-6-17-15(10-13)18(12-20-17)8-2-1-3-9-18/h4-7,10,12,21H,1-3,8-9H2. The second-order valence-corrected chi connectivity index (χ2v) is 6.10. The Balaban J connectivity index is 1.78. The van der Waals surface area contributed by atoms with Crippen molar-refractivity contribution in [3.8, 4) is 17.3 Å². The molecule has 1 aliphatic heterocycles. The first-order valence-corrected chi connectivity index (χ1v) is 7.60. The van der Waals surface area contributed by atoms with E-state index in [9.17, 15) is 0 Å². The average Bonchev–Trinajstić information content (AvgIpc) is 3.14. The SMILES string of the molecule is N#Cc1ccc(-c2ccc3c(c2)C2(C=N3)CCCCC2)[nH]1. The quantitative estimate of drug-likeness (QED) is 0.820. The molecular weight excluding hydrogens is 258 g/mol. The van der Waals surface area contributed by atoms with Gasteiger partial charge in [0.2, 0.25) is 0 Å². The Bertz CT molecular complexity index is 755. The van der Waals surface area contributed by atoms with E-state index in [1.54, 1.807) is 0 Å². The molecule has 1 aromatic heterocycles. The largest absolute Gasteiger partial charge is 0.346 e. The van der Waals surface area contributed by atoms with Crippen LogP contribution in [0.25, 0.3) is 11.3 Å². The summed E-state index contributed by atoms with van der Waals surface area (Å²) >= 11 is 0. The van der Waals surface area contributed by atoms with Crippen LogP contribution >= 0.6 is 0 Å². The predicted molar refractivity (Wildman–Crippen MR) is 83.9 cm³/mol. The van der Waals surface area contributed by atoms with Crippen LogP contribution < -0.4 is 0 Å². The van der Waals surface area contributed by atoms with Gasteiger partial charge >= 0.3 is 0 Å². The van der Waals surface area contributed by atoms with Gasteiger partial charge in [-0.1, -0.05) is 25.3 Å². The highest BCUT2D eigenvalue weighted by Crippen LogP contribution is 2.47. The molecule has 104 valence electrons. The molecule has 1 aliphatic carbocycles. The zero-order valence-corrected chi connectivity index (χ0v) is 11.9. The van der Waals surface area contributed by atoms with E-state index in [0.29, 0.717) is 5.69 Å². The molecule has 0 saturated heterocycles. The number of hydrogen-bond acceptors (Lipinski definition) is 2. The first-order chi connectivity index (χ1) is 10.3. The molecule has 2 aliphatic rings. The monoisotopic (exact) mass is 275 g/mol. The van der Waals surface area contributed by atoms with E-state index in [0.717, 1.165) is 16.9 Å². The average molecular weight is 275 g/mol. The number of H-pyrrole nitrogens is 1. The lowest BCUT2D eigenvalue weighted by atomic mass is 9.71. The third-order valence-corrected chi connectivity index (χ3v) is 4.85. The number of hydrogen-bond donors (Lipinski definition) is 1. The van der Waals surface area contributed by atoms with Gasteiger partial charge in [0.15, 0.2) is 0 Å². The minimum atomic E-state index is 0.161. The summed E-state index contributed by atoms with van der Waals surface area (Å²) in [5, 5.41) is 8.95. The molecule has 1 saturated carbocycles. The first kappa shape index (κ1) is 12.4. The number of fused-ring (bicyclic) bond motifs is 2. The third-order valence-electron chi connectivity index (χ3n) is 4.85. The summed E-state index contributed by atoms with van der Waals surface area (Å²) in [5.41, 5.74) is 5.40. The van der Waals surface area contributed by atoms with E-state index in [1.165, 1.54) is 37.7 Å². The first-order valence-electron chi connectivity index (χ1n) is 7.60. The number of nitriles is 1. The Kier molecular flexibility index (Phi) is 2.71. The van der Waals surface area contributed by atoms with Gasteiger partial charge in [0.25, 0.3) is 0 Å². The Morgan fingerprint density at radius 3 is 2.71 bits per heavy atom. The number of nitrogens with one attached hydrogen (secondary N) is 1. The molecule has 1 aromatic carbocycles. The van der Waals surface area contributed by atoms with E-state index in [4.69, 9.17) is 5.26 Å². The van der Waals surface area contributed by atoms with Crippen molar-refractivity contribution in [3.05, 3.63) is 41.6 Å². The number of aromatic nitrogens is 1. The molecule has 1 spiro atoms. The van der Waals surface area contributed by atoms with E-state index in [1.807, 2.05) is 12.1 Å². The molecule has 4 rings (SSSR count). The van der Waals surface area contributed by atoms with Gasteiger partial charge in [0, 0.05) is 17.3 Å². The van der Waals surface area contributed by atoms with Gasteiger partial charge in [0.1, 0.15) is 11.8 Å². The summed E-state index contributed by atoms with van der Waals surface area (Å²) in [4.78, 5) is 7.80. The van der Waals surface area contributed by atoms with Crippen molar-refractivity contribution in [2.45, 2.75) is 37.5 Å². The van der Waals surface area contributed by atoms with Crippen molar-refractivity contribution >= 4 is 11.9 Å². The topological polar surface area (TPSA) is 51.9 Å². The van der Waals surface area contributed by atoms with Crippen LogP contribution in [0.1, 0.15) is 43.4 Å². The summed E-state index contributed by atoms with van der Waals surface area (Å²) in [6, 6.07) is 12.4. The van der Waals surface area contributed by atoms with Crippen LogP contribution in [0.5, 0.6) is 0 Å². The molecule has 0 amide bonds. The number of aromatic amines is 1. The van der Waals surface area contributed by atoms with Crippen LogP contribution in [0.4, 0.5) is 5.69 Å². The molecule has 1 fully saturated rings. The molecule has 3 heteroatoms. The molecule has 0 atom stereocenters. The summed E-state index contributed by atoms with van der Waals surface area (Å²) < 4.78 is 0. The molecule has 21 heavy (non-hydrogen) atoms. The Labute approximate surface area is 124 Å². The van der Waals surface area contributed by atoms with Crippen molar-refractivity contribution in [1.29, 1.82) is 5.26 Å². The van der Waals surface area contributed by atoms with Crippen molar-refractivity contribution in [3.63, 3.8) is 0 Å². The highest BCUT2D eigenvalue weighted by atomic mass is 14.8. The van der Waals surface area contributed by atoms with Gasteiger partial charge < -0.3 is 4.98 Å². The summed E-state index contributed by atoms with van der Waals surface area (Å²) in [6.07, 6.45) is 8.51. The minimum Gasteiger partial charge on any atom is -0.346 e. The summed E-state index contributed by atoms with van der Waals surface area (Å²) in [6.45, 7) is 0. The second-order valence-electron chi connectivity index (χ2n) is 6.10.